The maximum Gasteiger partial charge on any atom is 0.119 e. The minimum Gasteiger partial charge on any atom is -0.492 e. The SMILES string of the molecule is CCCNC(COc1ccc(Cl)c(C)c1)C1CCCCC1. The fourth-order valence-electron chi connectivity index (χ4n) is 3.12. The standard InChI is InChI=1S/C18H28ClNO/c1-3-11-20-18(15-7-5-4-6-8-15)13-21-16-9-10-17(19)14(2)12-16/h9-10,12,15,18,20H,3-8,11,13H2,1-2H3. The molecular weight excluding hydrogens is 282 g/mol. The molecule has 0 spiro atoms. The van der Waals surface area contributed by atoms with Gasteiger partial charge in [0.2, 0.25) is 0 Å². The molecule has 0 bridgehead atoms. The molecule has 118 valence electrons. The van der Waals surface area contributed by atoms with E-state index in [9.17, 15) is 0 Å². The van der Waals surface area contributed by atoms with Gasteiger partial charge in [-0.2, -0.15) is 0 Å². The number of rotatable bonds is 7. The van der Waals surface area contributed by atoms with Crippen molar-refractivity contribution < 1.29 is 4.74 Å². The van der Waals surface area contributed by atoms with Crippen LogP contribution in [0.25, 0.3) is 0 Å². The van der Waals surface area contributed by atoms with Crippen molar-refractivity contribution in [3.05, 3.63) is 28.8 Å². The molecule has 1 saturated carbocycles. The summed E-state index contributed by atoms with van der Waals surface area (Å²) in [5.41, 5.74) is 1.07. The lowest BCUT2D eigenvalue weighted by atomic mass is 9.84. The minimum absolute atomic E-state index is 0.473. The molecule has 1 aliphatic carbocycles. The Kier molecular flexibility index (Phi) is 6.85. The molecule has 2 rings (SSSR count). The van der Waals surface area contributed by atoms with E-state index in [1.54, 1.807) is 0 Å². The maximum absolute atomic E-state index is 6.07. The Hall–Kier alpha value is -0.730. The predicted molar refractivity (Wildman–Crippen MR) is 90.3 cm³/mol. The molecular formula is C18H28ClNO. The molecule has 0 heterocycles. The van der Waals surface area contributed by atoms with E-state index in [2.05, 4.69) is 12.2 Å². The maximum atomic E-state index is 6.07. The Morgan fingerprint density at radius 2 is 2.05 bits per heavy atom. The van der Waals surface area contributed by atoms with Crippen LogP contribution in [-0.2, 0) is 0 Å². The average molecular weight is 310 g/mol. The molecule has 1 aromatic carbocycles. The number of halogens is 1. The zero-order valence-corrected chi connectivity index (χ0v) is 14.1. The zero-order valence-electron chi connectivity index (χ0n) is 13.3. The predicted octanol–water partition coefficient (Wildman–Crippen LogP) is 4.98. The largest absolute Gasteiger partial charge is 0.492 e. The third kappa shape index (κ3) is 5.19. The highest BCUT2D eigenvalue weighted by Gasteiger charge is 2.23. The van der Waals surface area contributed by atoms with E-state index in [-0.39, 0.29) is 0 Å². The van der Waals surface area contributed by atoms with Gasteiger partial charge in [-0.15, -0.1) is 0 Å². The highest BCUT2D eigenvalue weighted by Crippen LogP contribution is 2.27. The van der Waals surface area contributed by atoms with Crippen molar-refractivity contribution in [1.29, 1.82) is 0 Å². The first-order chi connectivity index (χ1) is 10.2. The molecule has 0 amide bonds. The van der Waals surface area contributed by atoms with Crippen LogP contribution in [0.4, 0.5) is 0 Å². The van der Waals surface area contributed by atoms with E-state index in [1.807, 2.05) is 25.1 Å². The summed E-state index contributed by atoms with van der Waals surface area (Å²) in [6.07, 6.45) is 7.98. The van der Waals surface area contributed by atoms with Crippen LogP contribution in [0.1, 0.15) is 51.0 Å². The lowest BCUT2D eigenvalue weighted by Gasteiger charge is -2.31. The summed E-state index contributed by atoms with van der Waals surface area (Å²) in [4.78, 5) is 0. The molecule has 1 aliphatic rings. The summed E-state index contributed by atoms with van der Waals surface area (Å²) < 4.78 is 6.03. The fourth-order valence-corrected chi connectivity index (χ4v) is 3.24. The smallest absolute Gasteiger partial charge is 0.119 e. The van der Waals surface area contributed by atoms with Crippen LogP contribution in [0.3, 0.4) is 0 Å². The molecule has 21 heavy (non-hydrogen) atoms. The summed E-state index contributed by atoms with van der Waals surface area (Å²) in [5, 5.41) is 4.49. The van der Waals surface area contributed by atoms with Crippen molar-refractivity contribution in [3.8, 4) is 5.75 Å². The van der Waals surface area contributed by atoms with Crippen LogP contribution in [0.5, 0.6) is 5.75 Å². The van der Waals surface area contributed by atoms with E-state index < -0.39 is 0 Å². The van der Waals surface area contributed by atoms with Gasteiger partial charge >= 0.3 is 0 Å². The molecule has 0 aromatic heterocycles. The van der Waals surface area contributed by atoms with Crippen molar-refractivity contribution in [1.82, 2.24) is 5.32 Å². The van der Waals surface area contributed by atoms with Crippen LogP contribution in [-0.4, -0.2) is 19.2 Å². The van der Waals surface area contributed by atoms with Crippen molar-refractivity contribution in [2.24, 2.45) is 5.92 Å². The first kappa shape index (κ1) is 16.6. The molecule has 1 fully saturated rings. The van der Waals surface area contributed by atoms with E-state index >= 15 is 0 Å². The third-order valence-corrected chi connectivity index (χ3v) is 4.86. The Bertz CT molecular complexity index is 429. The second-order valence-electron chi connectivity index (χ2n) is 6.18. The van der Waals surface area contributed by atoms with Crippen LogP contribution in [0.15, 0.2) is 18.2 Å². The van der Waals surface area contributed by atoms with Gasteiger partial charge < -0.3 is 10.1 Å². The fraction of sp³-hybridized carbons (Fsp3) is 0.667. The molecule has 1 unspecified atom stereocenters. The third-order valence-electron chi connectivity index (χ3n) is 4.43. The molecule has 0 radical (unpaired) electrons. The van der Waals surface area contributed by atoms with Gasteiger partial charge in [0.1, 0.15) is 12.4 Å². The second-order valence-corrected chi connectivity index (χ2v) is 6.59. The van der Waals surface area contributed by atoms with Crippen LogP contribution >= 0.6 is 11.6 Å². The van der Waals surface area contributed by atoms with E-state index in [0.717, 1.165) is 35.4 Å². The number of hydrogen-bond acceptors (Lipinski definition) is 2. The minimum atomic E-state index is 0.473. The summed E-state index contributed by atoms with van der Waals surface area (Å²) in [6.45, 7) is 6.06. The quantitative estimate of drug-likeness (QED) is 0.767. The average Bonchev–Trinajstić information content (AvgIpc) is 2.51. The number of ether oxygens (including phenoxy) is 1. The van der Waals surface area contributed by atoms with Gasteiger partial charge in [-0.1, -0.05) is 37.8 Å². The lowest BCUT2D eigenvalue weighted by Crippen LogP contribution is -2.42. The Labute approximate surface area is 134 Å². The number of nitrogens with one attached hydrogen (secondary N) is 1. The first-order valence-corrected chi connectivity index (χ1v) is 8.71. The van der Waals surface area contributed by atoms with Gasteiger partial charge in [-0.05, 0) is 62.4 Å². The number of hydrogen-bond donors (Lipinski definition) is 1. The van der Waals surface area contributed by atoms with Crippen molar-refractivity contribution in [2.45, 2.75) is 58.4 Å². The zero-order chi connectivity index (χ0) is 15.1. The van der Waals surface area contributed by atoms with E-state index in [0.29, 0.717) is 6.04 Å². The summed E-state index contributed by atoms with van der Waals surface area (Å²) in [7, 11) is 0. The highest BCUT2D eigenvalue weighted by molar-refractivity contribution is 6.31. The van der Waals surface area contributed by atoms with Crippen LogP contribution in [0.2, 0.25) is 5.02 Å². The molecule has 0 saturated heterocycles. The van der Waals surface area contributed by atoms with Crippen molar-refractivity contribution in [3.63, 3.8) is 0 Å². The molecule has 2 nitrogen and oxygen atoms in total. The van der Waals surface area contributed by atoms with Gasteiger partial charge in [0.25, 0.3) is 0 Å². The molecule has 0 aliphatic heterocycles. The number of aryl methyl sites for hydroxylation is 1. The summed E-state index contributed by atoms with van der Waals surface area (Å²) in [6, 6.07) is 6.38. The summed E-state index contributed by atoms with van der Waals surface area (Å²) >= 11 is 6.07. The van der Waals surface area contributed by atoms with E-state index in [1.165, 1.54) is 38.5 Å². The first-order valence-electron chi connectivity index (χ1n) is 8.33. The topological polar surface area (TPSA) is 21.3 Å². The Morgan fingerprint density at radius 3 is 2.71 bits per heavy atom. The van der Waals surface area contributed by atoms with Gasteiger partial charge in [0.15, 0.2) is 0 Å². The van der Waals surface area contributed by atoms with Crippen molar-refractivity contribution in [2.75, 3.05) is 13.2 Å². The van der Waals surface area contributed by atoms with Gasteiger partial charge in [0, 0.05) is 11.1 Å². The molecule has 1 N–H and O–H groups in total. The summed E-state index contributed by atoms with van der Waals surface area (Å²) in [5.74, 6) is 1.69. The van der Waals surface area contributed by atoms with Crippen molar-refractivity contribution >= 4 is 11.6 Å². The normalized spacial score (nSPS) is 17.7. The van der Waals surface area contributed by atoms with Crippen LogP contribution < -0.4 is 10.1 Å². The lowest BCUT2D eigenvalue weighted by molar-refractivity contribution is 0.186. The second kappa shape index (κ2) is 8.65. The Balaban J connectivity index is 1.92. The van der Waals surface area contributed by atoms with Crippen LogP contribution in [0, 0.1) is 12.8 Å². The van der Waals surface area contributed by atoms with Gasteiger partial charge in [-0.25, -0.2) is 0 Å². The molecule has 1 aromatic rings. The molecule has 1 atom stereocenters. The van der Waals surface area contributed by atoms with Gasteiger partial charge in [0.05, 0.1) is 0 Å². The Morgan fingerprint density at radius 1 is 1.29 bits per heavy atom. The monoisotopic (exact) mass is 309 g/mol. The van der Waals surface area contributed by atoms with E-state index in [4.69, 9.17) is 16.3 Å². The molecule has 3 heteroatoms. The van der Waals surface area contributed by atoms with Gasteiger partial charge in [-0.3, -0.25) is 0 Å². The highest BCUT2D eigenvalue weighted by atomic mass is 35.5. The number of benzene rings is 1.